The zero-order valence-corrected chi connectivity index (χ0v) is 11.3. The van der Waals surface area contributed by atoms with E-state index in [1.54, 1.807) is 0 Å². The smallest absolute Gasteiger partial charge is 0.229 e. The van der Waals surface area contributed by atoms with Crippen LogP contribution in [0.2, 0.25) is 0 Å². The number of allylic oxidation sites excluding steroid dienone is 3. The molecule has 0 heterocycles. The number of rotatable bonds is 1. The van der Waals surface area contributed by atoms with Gasteiger partial charge in [0.1, 0.15) is 0 Å². The molecule has 16 heavy (non-hydrogen) atoms. The van der Waals surface area contributed by atoms with E-state index in [1.165, 1.54) is 5.57 Å². The maximum atomic E-state index is 11.8. The maximum Gasteiger partial charge on any atom is 0.229 e. The standard InChI is InChI=1S/C14H23NO/c1-13(2,3)10-7-8-11(9-10)15-12(16)14(4,5)6/h8-9H,7H2,1-6H3,(H,15,16). The minimum Gasteiger partial charge on any atom is -0.326 e. The third-order valence-corrected chi connectivity index (χ3v) is 2.77. The molecule has 0 fully saturated rings. The van der Waals surface area contributed by atoms with Crippen LogP contribution in [0.25, 0.3) is 0 Å². The van der Waals surface area contributed by atoms with Crippen molar-refractivity contribution in [3.63, 3.8) is 0 Å². The van der Waals surface area contributed by atoms with Crippen LogP contribution in [-0.2, 0) is 4.79 Å². The molecule has 2 nitrogen and oxygen atoms in total. The lowest BCUT2D eigenvalue weighted by Gasteiger charge is -2.20. The highest BCUT2D eigenvalue weighted by atomic mass is 16.2. The second kappa shape index (κ2) is 4.08. The van der Waals surface area contributed by atoms with Crippen molar-refractivity contribution >= 4 is 5.91 Å². The van der Waals surface area contributed by atoms with E-state index < -0.39 is 0 Å². The summed E-state index contributed by atoms with van der Waals surface area (Å²) in [5.41, 5.74) is 2.17. The lowest BCUT2D eigenvalue weighted by Crippen LogP contribution is -2.33. The molecule has 1 aliphatic carbocycles. The molecule has 0 saturated carbocycles. The van der Waals surface area contributed by atoms with Crippen molar-refractivity contribution in [3.05, 3.63) is 23.4 Å². The van der Waals surface area contributed by atoms with Gasteiger partial charge in [-0.3, -0.25) is 4.79 Å². The average Bonchev–Trinajstić information content (AvgIpc) is 2.49. The van der Waals surface area contributed by atoms with E-state index in [2.05, 4.69) is 38.2 Å². The van der Waals surface area contributed by atoms with E-state index in [-0.39, 0.29) is 16.7 Å². The third-order valence-electron chi connectivity index (χ3n) is 2.77. The number of amides is 1. The van der Waals surface area contributed by atoms with E-state index in [1.807, 2.05) is 20.8 Å². The first-order chi connectivity index (χ1) is 7.10. The van der Waals surface area contributed by atoms with Crippen molar-refractivity contribution in [1.29, 1.82) is 0 Å². The largest absolute Gasteiger partial charge is 0.326 e. The molecule has 0 atom stereocenters. The van der Waals surface area contributed by atoms with Crippen LogP contribution >= 0.6 is 0 Å². The lowest BCUT2D eigenvalue weighted by atomic mass is 9.86. The molecule has 90 valence electrons. The zero-order chi connectivity index (χ0) is 12.6. The van der Waals surface area contributed by atoms with Gasteiger partial charge in [0.15, 0.2) is 0 Å². The molecule has 0 spiro atoms. The van der Waals surface area contributed by atoms with Crippen molar-refractivity contribution in [3.8, 4) is 0 Å². The Kier molecular flexibility index (Phi) is 3.32. The predicted octanol–water partition coefficient (Wildman–Crippen LogP) is 3.41. The fourth-order valence-electron chi connectivity index (χ4n) is 1.45. The van der Waals surface area contributed by atoms with Crippen molar-refractivity contribution < 1.29 is 4.79 Å². The zero-order valence-electron chi connectivity index (χ0n) is 11.3. The molecule has 0 aliphatic heterocycles. The summed E-state index contributed by atoms with van der Waals surface area (Å²) in [6.07, 6.45) is 5.14. The Morgan fingerprint density at radius 2 is 1.75 bits per heavy atom. The highest BCUT2D eigenvalue weighted by Crippen LogP contribution is 2.32. The third kappa shape index (κ3) is 3.22. The fraction of sp³-hybridized carbons (Fsp3) is 0.643. The second-order valence-electron chi connectivity index (χ2n) is 6.49. The second-order valence-corrected chi connectivity index (χ2v) is 6.49. The van der Waals surface area contributed by atoms with Gasteiger partial charge in [-0.25, -0.2) is 0 Å². The van der Waals surface area contributed by atoms with Crippen LogP contribution in [-0.4, -0.2) is 5.91 Å². The first kappa shape index (κ1) is 13.0. The normalized spacial score (nSPS) is 16.9. The van der Waals surface area contributed by atoms with Crippen molar-refractivity contribution in [2.24, 2.45) is 10.8 Å². The Hall–Kier alpha value is -1.05. The van der Waals surface area contributed by atoms with E-state index in [9.17, 15) is 4.79 Å². The summed E-state index contributed by atoms with van der Waals surface area (Å²) >= 11 is 0. The first-order valence-corrected chi connectivity index (χ1v) is 5.83. The molecule has 1 aliphatic rings. The van der Waals surface area contributed by atoms with E-state index in [0.29, 0.717) is 0 Å². The number of carbonyl (C=O) groups is 1. The summed E-state index contributed by atoms with van der Waals surface area (Å²) in [5.74, 6) is 0.0742. The first-order valence-electron chi connectivity index (χ1n) is 5.83. The molecule has 2 heteroatoms. The molecule has 0 saturated heterocycles. The molecular formula is C14H23NO. The van der Waals surface area contributed by atoms with E-state index in [0.717, 1.165) is 12.1 Å². The molecule has 1 N–H and O–H groups in total. The van der Waals surface area contributed by atoms with Crippen LogP contribution in [0.1, 0.15) is 48.0 Å². The number of hydrogen-bond donors (Lipinski definition) is 1. The van der Waals surface area contributed by atoms with E-state index >= 15 is 0 Å². The Balaban J connectivity index is 2.67. The minimum absolute atomic E-state index is 0.0742. The van der Waals surface area contributed by atoms with Gasteiger partial charge in [0.25, 0.3) is 0 Å². The molecule has 0 unspecified atom stereocenters. The Labute approximate surface area is 98.8 Å². The van der Waals surface area contributed by atoms with Gasteiger partial charge in [0.2, 0.25) is 5.91 Å². The molecule has 0 aromatic rings. The van der Waals surface area contributed by atoms with Gasteiger partial charge in [-0.1, -0.05) is 53.2 Å². The fourth-order valence-corrected chi connectivity index (χ4v) is 1.45. The molecule has 0 bridgehead atoms. The summed E-state index contributed by atoms with van der Waals surface area (Å²) in [5, 5.41) is 2.97. The van der Waals surface area contributed by atoms with Gasteiger partial charge in [-0.15, -0.1) is 0 Å². The van der Waals surface area contributed by atoms with Gasteiger partial charge < -0.3 is 5.32 Å². The average molecular weight is 221 g/mol. The topological polar surface area (TPSA) is 29.1 Å². The Morgan fingerprint density at radius 1 is 1.19 bits per heavy atom. The summed E-state index contributed by atoms with van der Waals surface area (Å²) in [6.45, 7) is 12.4. The molecule has 0 aromatic heterocycles. The summed E-state index contributed by atoms with van der Waals surface area (Å²) in [4.78, 5) is 11.8. The Bertz CT molecular complexity index is 348. The van der Waals surface area contributed by atoms with Crippen molar-refractivity contribution in [1.82, 2.24) is 5.32 Å². The van der Waals surface area contributed by atoms with Gasteiger partial charge in [0.05, 0.1) is 0 Å². The molecule has 1 rings (SSSR count). The minimum atomic E-state index is -0.334. The number of hydrogen-bond acceptors (Lipinski definition) is 1. The summed E-state index contributed by atoms with van der Waals surface area (Å²) in [6, 6.07) is 0. The Morgan fingerprint density at radius 3 is 2.12 bits per heavy atom. The SMILES string of the molecule is CC(C)(C)C(=O)NC1=CCC(C(C)(C)C)=C1. The van der Waals surface area contributed by atoms with Crippen LogP contribution in [0, 0.1) is 10.8 Å². The summed E-state index contributed by atoms with van der Waals surface area (Å²) < 4.78 is 0. The monoisotopic (exact) mass is 221 g/mol. The number of carbonyl (C=O) groups excluding carboxylic acids is 1. The van der Waals surface area contributed by atoms with Crippen LogP contribution in [0.15, 0.2) is 23.4 Å². The molecule has 0 radical (unpaired) electrons. The highest BCUT2D eigenvalue weighted by Gasteiger charge is 2.24. The quantitative estimate of drug-likeness (QED) is 0.722. The molecule has 1 amide bonds. The van der Waals surface area contributed by atoms with Crippen LogP contribution in [0.4, 0.5) is 0 Å². The molecule has 0 aromatic carbocycles. The van der Waals surface area contributed by atoms with Gasteiger partial charge in [-0.05, 0) is 17.9 Å². The van der Waals surface area contributed by atoms with Gasteiger partial charge >= 0.3 is 0 Å². The maximum absolute atomic E-state index is 11.8. The van der Waals surface area contributed by atoms with Crippen molar-refractivity contribution in [2.45, 2.75) is 48.0 Å². The predicted molar refractivity (Wildman–Crippen MR) is 67.8 cm³/mol. The van der Waals surface area contributed by atoms with Crippen LogP contribution < -0.4 is 5.32 Å². The number of nitrogens with one attached hydrogen (secondary N) is 1. The molecular weight excluding hydrogens is 198 g/mol. The van der Waals surface area contributed by atoms with Crippen LogP contribution in [0.5, 0.6) is 0 Å². The van der Waals surface area contributed by atoms with Crippen molar-refractivity contribution in [2.75, 3.05) is 0 Å². The van der Waals surface area contributed by atoms with E-state index in [4.69, 9.17) is 0 Å². The van der Waals surface area contributed by atoms with Crippen LogP contribution in [0.3, 0.4) is 0 Å². The van der Waals surface area contributed by atoms with Gasteiger partial charge in [0, 0.05) is 11.1 Å². The lowest BCUT2D eigenvalue weighted by molar-refractivity contribution is -0.127. The summed E-state index contributed by atoms with van der Waals surface area (Å²) in [7, 11) is 0. The van der Waals surface area contributed by atoms with Gasteiger partial charge in [-0.2, -0.15) is 0 Å². The highest BCUT2D eigenvalue weighted by molar-refractivity contribution is 5.83.